The number of anilines is 1. The van der Waals surface area contributed by atoms with Crippen molar-refractivity contribution >= 4 is 28.9 Å². The zero-order chi connectivity index (χ0) is 27.5. The highest BCUT2D eigenvalue weighted by Gasteiger charge is 2.26. The van der Waals surface area contributed by atoms with Crippen molar-refractivity contribution in [2.45, 2.75) is 37.4 Å². The highest BCUT2D eigenvalue weighted by molar-refractivity contribution is 7.99. The Hall–Kier alpha value is -4.19. The molecule has 3 aromatic heterocycles. The number of piperidine rings is 1. The maximum absolute atomic E-state index is 13.0. The lowest BCUT2D eigenvalue weighted by Gasteiger charge is -2.33. The largest absolute Gasteiger partial charge is 0.342 e. The second-order valence-corrected chi connectivity index (χ2v) is 11.1. The van der Waals surface area contributed by atoms with Crippen molar-refractivity contribution in [2.75, 3.05) is 23.7 Å². The molecule has 11 nitrogen and oxygen atoms in total. The van der Waals surface area contributed by atoms with Crippen molar-refractivity contribution in [2.24, 2.45) is 13.0 Å². The van der Waals surface area contributed by atoms with Crippen LogP contribution >= 0.6 is 11.8 Å². The van der Waals surface area contributed by atoms with Gasteiger partial charge in [0.15, 0.2) is 11.2 Å². The number of aromatic amines is 1. The minimum absolute atomic E-state index is 0.406. The molecule has 0 saturated carbocycles. The summed E-state index contributed by atoms with van der Waals surface area (Å²) in [6.07, 6.45) is 3.92. The van der Waals surface area contributed by atoms with E-state index in [0.29, 0.717) is 28.8 Å². The maximum Gasteiger partial charge on any atom is 0.329 e. The van der Waals surface area contributed by atoms with Gasteiger partial charge in [-0.2, -0.15) is 9.67 Å². The Labute approximate surface area is 234 Å². The summed E-state index contributed by atoms with van der Waals surface area (Å²) in [5, 5.41) is 12.9. The number of para-hydroxylation sites is 1. The van der Waals surface area contributed by atoms with Gasteiger partial charge in [-0.25, -0.2) is 4.79 Å². The number of nitrogens with zero attached hydrogens (tertiary/aromatic N) is 8. The van der Waals surface area contributed by atoms with Crippen LogP contribution in [0.1, 0.15) is 24.8 Å². The number of hydrogen-bond acceptors (Lipinski definition) is 8. The SMILES string of the molecule is Cn1c(=O)[nH]c(=O)c2c1nc(N1CCC(Cc3ccccc3)CC1)n2CCCSc1nnnn1-c1ccccc1. The predicted molar refractivity (Wildman–Crippen MR) is 155 cm³/mol. The molecule has 2 aromatic carbocycles. The summed E-state index contributed by atoms with van der Waals surface area (Å²) in [5.74, 6) is 2.10. The molecular weight excluding hydrogens is 526 g/mol. The van der Waals surface area contributed by atoms with E-state index < -0.39 is 11.2 Å². The molecule has 0 unspecified atom stereocenters. The van der Waals surface area contributed by atoms with E-state index in [1.54, 1.807) is 23.5 Å². The first-order valence-corrected chi connectivity index (χ1v) is 14.5. The number of H-pyrrole nitrogens is 1. The molecule has 0 radical (unpaired) electrons. The predicted octanol–water partition coefficient (Wildman–Crippen LogP) is 3.04. The maximum atomic E-state index is 13.0. The van der Waals surface area contributed by atoms with Crippen molar-refractivity contribution < 1.29 is 0 Å². The minimum Gasteiger partial charge on any atom is -0.342 e. The van der Waals surface area contributed by atoms with Gasteiger partial charge in [-0.3, -0.25) is 14.3 Å². The standard InChI is InChI=1S/C28H31N9O2S/c1-34-24-23(25(38)30-27(34)39)36(15-8-18-40-28-31-32-33-37(28)22-11-6-3-7-12-22)26(29-24)35-16-13-21(14-17-35)19-20-9-4-2-5-10-20/h2-7,9-12,21H,8,13-19H2,1H3,(H,30,38,39). The number of thioether (sulfide) groups is 1. The third-order valence-electron chi connectivity index (χ3n) is 7.45. The van der Waals surface area contributed by atoms with Crippen LogP contribution in [-0.2, 0) is 20.0 Å². The van der Waals surface area contributed by atoms with E-state index in [0.717, 1.165) is 56.2 Å². The van der Waals surface area contributed by atoms with E-state index in [1.807, 2.05) is 34.9 Å². The highest BCUT2D eigenvalue weighted by atomic mass is 32.2. The number of benzene rings is 2. The fourth-order valence-electron chi connectivity index (χ4n) is 5.35. The summed E-state index contributed by atoms with van der Waals surface area (Å²) < 4.78 is 5.12. The molecule has 0 atom stereocenters. The van der Waals surface area contributed by atoms with Gasteiger partial charge in [-0.1, -0.05) is 60.3 Å². The summed E-state index contributed by atoms with van der Waals surface area (Å²) in [5.41, 5.74) is 2.25. The summed E-state index contributed by atoms with van der Waals surface area (Å²) in [6.45, 7) is 2.29. The van der Waals surface area contributed by atoms with E-state index >= 15 is 0 Å². The third kappa shape index (κ3) is 5.31. The molecule has 6 rings (SSSR count). The van der Waals surface area contributed by atoms with E-state index in [2.05, 4.69) is 55.7 Å². The Morgan fingerprint density at radius 3 is 2.48 bits per heavy atom. The Morgan fingerprint density at radius 2 is 1.73 bits per heavy atom. The monoisotopic (exact) mass is 557 g/mol. The second-order valence-electron chi connectivity index (χ2n) is 10.1. The minimum atomic E-state index is -0.460. The highest BCUT2D eigenvalue weighted by Crippen LogP contribution is 2.28. The fourth-order valence-corrected chi connectivity index (χ4v) is 6.16. The number of aryl methyl sites for hydroxylation is 2. The topological polar surface area (TPSA) is 120 Å². The Balaban J connectivity index is 1.19. The van der Waals surface area contributed by atoms with Crippen LogP contribution in [0.2, 0.25) is 0 Å². The Morgan fingerprint density at radius 1 is 1.00 bits per heavy atom. The van der Waals surface area contributed by atoms with Gasteiger partial charge in [-0.15, -0.1) is 5.10 Å². The number of imidazole rings is 1. The summed E-state index contributed by atoms with van der Waals surface area (Å²) in [4.78, 5) is 34.8. The Bertz CT molecular complexity index is 1700. The van der Waals surface area contributed by atoms with Gasteiger partial charge >= 0.3 is 5.69 Å². The lowest BCUT2D eigenvalue weighted by molar-refractivity contribution is 0.398. The molecule has 0 amide bonds. The van der Waals surface area contributed by atoms with Crippen LogP contribution in [0.3, 0.4) is 0 Å². The number of tetrazole rings is 1. The van der Waals surface area contributed by atoms with Crippen LogP contribution in [0.4, 0.5) is 5.95 Å². The molecular formula is C28H31N9O2S. The van der Waals surface area contributed by atoms with Gasteiger partial charge in [0.25, 0.3) is 5.56 Å². The molecule has 1 aliphatic heterocycles. The summed E-state index contributed by atoms with van der Waals surface area (Å²) in [6, 6.07) is 20.4. The van der Waals surface area contributed by atoms with Gasteiger partial charge in [0.05, 0.1) is 5.69 Å². The molecule has 1 N–H and O–H groups in total. The van der Waals surface area contributed by atoms with E-state index in [4.69, 9.17) is 4.98 Å². The average molecular weight is 558 g/mol. The molecule has 1 aliphatic rings. The number of aromatic nitrogens is 8. The quantitative estimate of drug-likeness (QED) is 0.217. The van der Waals surface area contributed by atoms with Gasteiger partial charge in [0, 0.05) is 32.4 Å². The first-order valence-electron chi connectivity index (χ1n) is 13.5. The van der Waals surface area contributed by atoms with Crippen molar-refractivity contribution in [3.8, 4) is 5.69 Å². The van der Waals surface area contributed by atoms with Crippen LogP contribution in [-0.4, -0.2) is 58.2 Å². The lowest BCUT2D eigenvalue weighted by atomic mass is 9.90. The molecule has 1 fully saturated rings. The van der Waals surface area contributed by atoms with Crippen LogP contribution in [0.15, 0.2) is 75.4 Å². The van der Waals surface area contributed by atoms with E-state index in [9.17, 15) is 9.59 Å². The van der Waals surface area contributed by atoms with E-state index in [1.165, 1.54) is 10.1 Å². The molecule has 0 spiro atoms. The normalized spacial score (nSPS) is 14.3. The Kier molecular flexibility index (Phi) is 7.49. The molecule has 0 bridgehead atoms. The van der Waals surface area contributed by atoms with Gasteiger partial charge < -0.3 is 9.47 Å². The van der Waals surface area contributed by atoms with Gasteiger partial charge in [-0.05, 0) is 59.7 Å². The van der Waals surface area contributed by atoms with Crippen LogP contribution in [0.5, 0.6) is 0 Å². The number of rotatable bonds is 9. The van der Waals surface area contributed by atoms with Gasteiger partial charge in [0.1, 0.15) is 0 Å². The molecule has 5 aromatic rings. The first kappa shape index (κ1) is 26.1. The zero-order valence-corrected chi connectivity index (χ0v) is 23.1. The molecule has 12 heteroatoms. The molecule has 206 valence electrons. The number of nitrogens with one attached hydrogen (secondary N) is 1. The van der Waals surface area contributed by atoms with Gasteiger partial charge in [0.2, 0.25) is 11.1 Å². The van der Waals surface area contributed by atoms with Crippen molar-refractivity contribution in [3.63, 3.8) is 0 Å². The third-order valence-corrected chi connectivity index (χ3v) is 8.46. The van der Waals surface area contributed by atoms with Crippen molar-refractivity contribution in [1.82, 2.24) is 39.3 Å². The first-order chi connectivity index (χ1) is 19.6. The molecule has 0 aliphatic carbocycles. The summed E-state index contributed by atoms with van der Waals surface area (Å²) >= 11 is 1.57. The number of fused-ring (bicyclic) bond motifs is 1. The van der Waals surface area contributed by atoms with Crippen LogP contribution < -0.4 is 16.1 Å². The molecule has 1 saturated heterocycles. The average Bonchev–Trinajstić information content (AvgIpc) is 3.61. The van der Waals surface area contributed by atoms with E-state index in [-0.39, 0.29) is 0 Å². The van der Waals surface area contributed by atoms with Crippen molar-refractivity contribution in [3.05, 3.63) is 87.1 Å². The smallest absolute Gasteiger partial charge is 0.329 e. The second kappa shape index (κ2) is 11.5. The number of hydrogen-bond donors (Lipinski definition) is 1. The van der Waals surface area contributed by atoms with Crippen molar-refractivity contribution in [1.29, 1.82) is 0 Å². The van der Waals surface area contributed by atoms with Crippen LogP contribution in [0.25, 0.3) is 16.9 Å². The molecule has 40 heavy (non-hydrogen) atoms. The zero-order valence-electron chi connectivity index (χ0n) is 22.3. The summed E-state index contributed by atoms with van der Waals surface area (Å²) in [7, 11) is 1.65. The molecule has 4 heterocycles. The fraction of sp³-hybridized carbons (Fsp3) is 0.357. The van der Waals surface area contributed by atoms with Crippen LogP contribution in [0, 0.1) is 5.92 Å². The lowest BCUT2D eigenvalue weighted by Crippen LogP contribution is -2.36.